The maximum absolute atomic E-state index is 13.8. The number of ether oxygens (including phenoxy) is 2. The Morgan fingerprint density at radius 1 is 0.848 bits per heavy atom. The standard InChI is InChI=1S/C27H34N2O4/c1-18(2)21-9-11-23(12-10-21)29-26(30)24(22-8-7-19(3)20(4)17-22)25(27(29)31)28(13-15-32-5)14-16-33-6/h7-12,17-18H,13-16H2,1-6H3. The Kier molecular flexibility index (Phi) is 8.06. The summed E-state index contributed by atoms with van der Waals surface area (Å²) in [5, 5.41) is 0. The number of hydrogen-bond acceptors (Lipinski definition) is 5. The molecule has 3 rings (SSSR count). The van der Waals surface area contributed by atoms with Crippen LogP contribution < -0.4 is 4.90 Å². The van der Waals surface area contributed by atoms with Crippen LogP contribution in [0.3, 0.4) is 0 Å². The molecule has 6 heteroatoms. The Morgan fingerprint density at radius 3 is 1.97 bits per heavy atom. The first kappa shape index (κ1) is 24.7. The molecule has 33 heavy (non-hydrogen) atoms. The molecule has 2 aromatic rings. The first-order valence-electron chi connectivity index (χ1n) is 11.3. The molecule has 0 saturated carbocycles. The van der Waals surface area contributed by atoms with E-state index < -0.39 is 0 Å². The minimum Gasteiger partial charge on any atom is -0.383 e. The average molecular weight is 451 g/mol. The molecular formula is C27H34N2O4. The molecule has 0 aliphatic carbocycles. The van der Waals surface area contributed by atoms with Gasteiger partial charge < -0.3 is 14.4 Å². The molecule has 0 radical (unpaired) electrons. The maximum atomic E-state index is 13.8. The molecule has 2 aromatic carbocycles. The third kappa shape index (κ3) is 5.18. The van der Waals surface area contributed by atoms with E-state index in [-0.39, 0.29) is 11.8 Å². The fourth-order valence-electron chi connectivity index (χ4n) is 3.95. The van der Waals surface area contributed by atoms with Crippen molar-refractivity contribution in [2.45, 2.75) is 33.6 Å². The zero-order valence-corrected chi connectivity index (χ0v) is 20.5. The number of amides is 2. The van der Waals surface area contributed by atoms with E-state index in [4.69, 9.17) is 9.47 Å². The van der Waals surface area contributed by atoms with E-state index in [1.54, 1.807) is 14.2 Å². The first-order chi connectivity index (χ1) is 15.8. The van der Waals surface area contributed by atoms with Gasteiger partial charge in [-0.05, 0) is 54.2 Å². The van der Waals surface area contributed by atoms with E-state index >= 15 is 0 Å². The molecule has 0 atom stereocenters. The molecule has 0 saturated heterocycles. The lowest BCUT2D eigenvalue weighted by Crippen LogP contribution is -2.37. The normalized spacial score (nSPS) is 14.1. The van der Waals surface area contributed by atoms with Crippen LogP contribution in [0.2, 0.25) is 0 Å². The van der Waals surface area contributed by atoms with Crippen LogP contribution in [-0.4, -0.2) is 57.2 Å². The van der Waals surface area contributed by atoms with Crippen molar-refractivity contribution >= 4 is 23.1 Å². The first-order valence-corrected chi connectivity index (χ1v) is 11.3. The zero-order valence-electron chi connectivity index (χ0n) is 20.5. The van der Waals surface area contributed by atoms with Gasteiger partial charge in [-0.1, -0.05) is 44.2 Å². The van der Waals surface area contributed by atoms with Crippen molar-refractivity contribution in [1.82, 2.24) is 4.90 Å². The second-order valence-electron chi connectivity index (χ2n) is 8.69. The topological polar surface area (TPSA) is 59.1 Å². The summed E-state index contributed by atoms with van der Waals surface area (Å²) >= 11 is 0. The van der Waals surface area contributed by atoms with Gasteiger partial charge in [0, 0.05) is 27.3 Å². The smallest absolute Gasteiger partial charge is 0.282 e. The highest BCUT2D eigenvalue weighted by atomic mass is 16.5. The molecule has 1 heterocycles. The van der Waals surface area contributed by atoms with Gasteiger partial charge >= 0.3 is 0 Å². The molecule has 176 valence electrons. The SMILES string of the molecule is COCCN(CCOC)C1=C(c2ccc(C)c(C)c2)C(=O)N(c2ccc(C(C)C)cc2)C1=O. The van der Waals surface area contributed by atoms with Gasteiger partial charge in [-0.25, -0.2) is 4.90 Å². The zero-order chi connectivity index (χ0) is 24.1. The predicted octanol–water partition coefficient (Wildman–Crippen LogP) is 4.31. The Hall–Kier alpha value is -2.96. The summed E-state index contributed by atoms with van der Waals surface area (Å²) in [5.41, 5.74) is 5.49. The Bertz CT molecular complexity index is 1030. The Morgan fingerprint density at radius 2 is 1.45 bits per heavy atom. The van der Waals surface area contributed by atoms with Crippen molar-refractivity contribution in [2.24, 2.45) is 0 Å². The number of carbonyl (C=O) groups excluding carboxylic acids is 2. The molecule has 0 aromatic heterocycles. The number of methoxy groups -OCH3 is 2. The monoisotopic (exact) mass is 450 g/mol. The van der Waals surface area contributed by atoms with Gasteiger partial charge in [0.2, 0.25) is 0 Å². The molecule has 2 amide bonds. The van der Waals surface area contributed by atoms with Gasteiger partial charge in [-0.2, -0.15) is 0 Å². The van der Waals surface area contributed by atoms with Gasteiger partial charge in [0.05, 0.1) is 24.5 Å². The van der Waals surface area contributed by atoms with Crippen LogP contribution >= 0.6 is 0 Å². The third-order valence-electron chi connectivity index (χ3n) is 6.12. The highest BCUT2D eigenvalue weighted by Crippen LogP contribution is 2.35. The number of aryl methyl sites for hydroxylation is 2. The summed E-state index contributed by atoms with van der Waals surface area (Å²) in [4.78, 5) is 30.7. The average Bonchev–Trinajstić information content (AvgIpc) is 3.06. The fraction of sp³-hybridized carbons (Fsp3) is 0.407. The van der Waals surface area contributed by atoms with Crippen molar-refractivity contribution in [3.8, 4) is 0 Å². The van der Waals surface area contributed by atoms with Crippen molar-refractivity contribution in [1.29, 1.82) is 0 Å². The number of imide groups is 1. The van der Waals surface area contributed by atoms with E-state index in [1.807, 2.05) is 61.2 Å². The van der Waals surface area contributed by atoms with Crippen LogP contribution in [0, 0.1) is 13.8 Å². The number of anilines is 1. The molecule has 0 bridgehead atoms. The molecular weight excluding hydrogens is 416 g/mol. The highest BCUT2D eigenvalue weighted by molar-refractivity contribution is 6.45. The molecule has 1 aliphatic rings. The summed E-state index contributed by atoms with van der Waals surface area (Å²) in [7, 11) is 3.24. The maximum Gasteiger partial charge on any atom is 0.282 e. The lowest BCUT2D eigenvalue weighted by Gasteiger charge is -2.25. The highest BCUT2D eigenvalue weighted by Gasteiger charge is 2.42. The summed E-state index contributed by atoms with van der Waals surface area (Å²) < 4.78 is 10.6. The van der Waals surface area contributed by atoms with Crippen LogP contribution in [0.25, 0.3) is 5.57 Å². The summed E-state index contributed by atoms with van der Waals surface area (Å²) in [6.07, 6.45) is 0. The second-order valence-corrected chi connectivity index (χ2v) is 8.69. The molecule has 0 unspecified atom stereocenters. The summed E-state index contributed by atoms with van der Waals surface area (Å²) in [6, 6.07) is 13.5. The van der Waals surface area contributed by atoms with E-state index in [0.717, 1.165) is 22.3 Å². The van der Waals surface area contributed by atoms with Gasteiger partial charge in [-0.15, -0.1) is 0 Å². The number of carbonyl (C=O) groups is 2. The molecule has 0 fully saturated rings. The van der Waals surface area contributed by atoms with Crippen LogP contribution in [-0.2, 0) is 19.1 Å². The number of hydrogen-bond donors (Lipinski definition) is 0. The van der Waals surface area contributed by atoms with E-state index in [1.165, 1.54) is 4.90 Å². The quantitative estimate of drug-likeness (QED) is 0.505. The second kappa shape index (κ2) is 10.8. The lowest BCUT2D eigenvalue weighted by atomic mass is 9.99. The Balaban J connectivity index is 2.12. The van der Waals surface area contributed by atoms with Crippen molar-refractivity contribution in [2.75, 3.05) is 45.4 Å². The molecule has 0 spiro atoms. The van der Waals surface area contributed by atoms with Gasteiger partial charge in [0.25, 0.3) is 11.8 Å². The molecule has 0 N–H and O–H groups in total. The van der Waals surface area contributed by atoms with E-state index in [2.05, 4.69) is 13.8 Å². The Labute approximate surface area is 196 Å². The van der Waals surface area contributed by atoms with Gasteiger partial charge in [0.1, 0.15) is 5.70 Å². The van der Waals surface area contributed by atoms with Crippen LogP contribution in [0.5, 0.6) is 0 Å². The number of nitrogens with zero attached hydrogens (tertiary/aromatic N) is 2. The summed E-state index contributed by atoms with van der Waals surface area (Å²) in [6.45, 7) is 10.1. The molecule has 6 nitrogen and oxygen atoms in total. The fourth-order valence-corrected chi connectivity index (χ4v) is 3.95. The van der Waals surface area contributed by atoms with E-state index in [9.17, 15) is 9.59 Å². The lowest BCUT2D eigenvalue weighted by molar-refractivity contribution is -0.120. The molecule has 1 aliphatic heterocycles. The van der Waals surface area contributed by atoms with Gasteiger partial charge in [-0.3, -0.25) is 9.59 Å². The van der Waals surface area contributed by atoms with E-state index in [0.29, 0.717) is 49.2 Å². The third-order valence-corrected chi connectivity index (χ3v) is 6.12. The van der Waals surface area contributed by atoms with Crippen molar-refractivity contribution in [3.63, 3.8) is 0 Å². The minimum atomic E-state index is -0.322. The number of rotatable bonds is 10. The van der Waals surface area contributed by atoms with Crippen LogP contribution in [0.15, 0.2) is 48.2 Å². The van der Waals surface area contributed by atoms with Crippen molar-refractivity contribution < 1.29 is 19.1 Å². The van der Waals surface area contributed by atoms with Crippen LogP contribution in [0.1, 0.15) is 42.0 Å². The number of benzene rings is 2. The van der Waals surface area contributed by atoms with Gasteiger partial charge in [0.15, 0.2) is 0 Å². The van der Waals surface area contributed by atoms with Crippen molar-refractivity contribution in [3.05, 3.63) is 70.4 Å². The minimum absolute atomic E-state index is 0.310. The summed E-state index contributed by atoms with van der Waals surface area (Å²) in [5.74, 6) is -0.268. The predicted molar refractivity (Wildman–Crippen MR) is 131 cm³/mol. The van der Waals surface area contributed by atoms with Crippen LogP contribution in [0.4, 0.5) is 5.69 Å². The largest absolute Gasteiger partial charge is 0.383 e.